The second-order valence-corrected chi connectivity index (χ2v) is 10.0. The highest BCUT2D eigenvalue weighted by Gasteiger charge is 2.21. The maximum atomic E-state index is 10.5. The summed E-state index contributed by atoms with van der Waals surface area (Å²) in [5, 5.41) is -0.587. The van der Waals surface area contributed by atoms with E-state index in [1.807, 2.05) is 0 Å². The van der Waals surface area contributed by atoms with Gasteiger partial charge in [-0.05, 0) is 35.3 Å². The Balaban J connectivity index is 3.79. The van der Waals surface area contributed by atoms with Gasteiger partial charge in [0.2, 0.25) is 10.5 Å². The molecule has 0 aromatic rings. The maximum absolute atomic E-state index is 10.5. The third-order valence-electron chi connectivity index (χ3n) is 2.00. The van der Waals surface area contributed by atoms with Crippen molar-refractivity contribution in [1.82, 2.24) is 0 Å². The molecule has 0 bridgehead atoms. The van der Waals surface area contributed by atoms with Crippen molar-refractivity contribution in [2.24, 2.45) is 0 Å². The van der Waals surface area contributed by atoms with Crippen LogP contribution < -0.4 is 0 Å². The van der Waals surface area contributed by atoms with Crippen molar-refractivity contribution in [3.05, 3.63) is 0 Å². The van der Waals surface area contributed by atoms with Gasteiger partial charge < -0.3 is 0 Å². The molecule has 2 nitrogen and oxygen atoms in total. The van der Waals surface area contributed by atoms with Crippen molar-refractivity contribution >= 4 is 41.8 Å². The molecular weight excluding hydrogens is 227 g/mol. The van der Waals surface area contributed by atoms with E-state index in [1.165, 1.54) is 0 Å². The Bertz CT molecular complexity index is 184. The van der Waals surface area contributed by atoms with E-state index < -0.39 is 8.07 Å². The summed E-state index contributed by atoms with van der Waals surface area (Å²) in [6, 6.07) is 1.67. The number of carbonyl (C=O) groups excluding carboxylic acids is 2. The summed E-state index contributed by atoms with van der Waals surface area (Å²) < 4.78 is 0. The second-order valence-electron chi connectivity index (χ2n) is 3.87. The van der Waals surface area contributed by atoms with Crippen LogP contribution in [-0.4, -0.2) is 18.6 Å². The Morgan fingerprint density at radius 2 is 1.31 bits per heavy atom. The van der Waals surface area contributed by atoms with E-state index in [-0.39, 0.29) is 10.5 Å². The Kier molecular flexibility index (Phi) is 5.84. The van der Waals surface area contributed by atoms with Crippen LogP contribution in [0.2, 0.25) is 25.2 Å². The number of carbonyl (C=O) groups is 2. The van der Waals surface area contributed by atoms with Crippen molar-refractivity contribution in [2.75, 3.05) is 0 Å². The van der Waals surface area contributed by atoms with Crippen LogP contribution in [0.1, 0.15) is 12.8 Å². The normalized spacial score (nSPS) is 11.4. The van der Waals surface area contributed by atoms with Gasteiger partial charge in [0, 0.05) is 20.9 Å². The zero-order chi connectivity index (χ0) is 10.5. The molecule has 0 amide bonds. The Hall–Kier alpha value is 0.137. The molecule has 0 N–H and O–H groups in total. The van der Waals surface area contributed by atoms with Gasteiger partial charge in [-0.2, -0.15) is 0 Å². The van der Waals surface area contributed by atoms with Crippen LogP contribution in [0.15, 0.2) is 0 Å². The summed E-state index contributed by atoms with van der Waals surface area (Å²) in [4.78, 5) is 21.0. The molecule has 0 aliphatic rings. The third-order valence-corrected chi connectivity index (χ3v) is 5.58. The molecule has 0 unspecified atom stereocenters. The molecule has 0 aromatic heterocycles. The Morgan fingerprint density at radius 1 is 1.00 bits per heavy atom. The first-order chi connectivity index (χ1) is 5.83. The molecule has 0 saturated heterocycles. The van der Waals surface area contributed by atoms with Crippen molar-refractivity contribution in [3.63, 3.8) is 0 Å². The summed E-state index contributed by atoms with van der Waals surface area (Å²) >= 11 is 10.5. The molecule has 0 heterocycles. The van der Waals surface area contributed by atoms with E-state index in [2.05, 4.69) is 13.1 Å². The van der Waals surface area contributed by atoms with E-state index in [4.69, 9.17) is 23.2 Å². The predicted molar refractivity (Wildman–Crippen MR) is 58.1 cm³/mol. The van der Waals surface area contributed by atoms with Crippen LogP contribution in [-0.2, 0) is 9.59 Å². The zero-order valence-electron chi connectivity index (χ0n) is 7.90. The molecule has 0 spiro atoms. The number of rotatable bonds is 6. The standard InChI is InChI=1S/C8H14Cl2O2Si/c1-13(2,5-3-7(9)11)6-4-8(10)12/h3-6H2,1-2H3. The predicted octanol–water partition coefficient (Wildman–Crippen LogP) is 3.01. The average Bonchev–Trinajstić information content (AvgIpc) is 1.98. The molecule has 0 atom stereocenters. The summed E-state index contributed by atoms with van der Waals surface area (Å²) in [5.74, 6) is 0. The van der Waals surface area contributed by atoms with E-state index in [0.29, 0.717) is 12.8 Å². The first-order valence-corrected chi connectivity index (χ1v) is 8.37. The SMILES string of the molecule is C[Si](C)(CCC(=O)Cl)CCC(=O)Cl. The summed E-state index contributed by atoms with van der Waals surface area (Å²) in [7, 11) is -1.44. The molecular formula is C8H14Cl2O2Si. The monoisotopic (exact) mass is 240 g/mol. The number of hydrogen-bond acceptors (Lipinski definition) is 2. The van der Waals surface area contributed by atoms with E-state index >= 15 is 0 Å². The van der Waals surface area contributed by atoms with Crippen LogP contribution in [0, 0.1) is 0 Å². The topological polar surface area (TPSA) is 34.1 Å². The Morgan fingerprint density at radius 3 is 1.54 bits per heavy atom. The van der Waals surface area contributed by atoms with E-state index in [1.54, 1.807) is 0 Å². The molecule has 0 aromatic carbocycles. The van der Waals surface area contributed by atoms with Gasteiger partial charge in [0.05, 0.1) is 0 Å². The van der Waals surface area contributed by atoms with Crippen molar-refractivity contribution in [1.29, 1.82) is 0 Å². The van der Waals surface area contributed by atoms with Gasteiger partial charge >= 0.3 is 0 Å². The third kappa shape index (κ3) is 8.47. The van der Waals surface area contributed by atoms with Crippen LogP contribution in [0.4, 0.5) is 0 Å². The molecule has 0 saturated carbocycles. The van der Waals surface area contributed by atoms with Gasteiger partial charge in [0.15, 0.2) is 0 Å². The molecule has 0 aliphatic carbocycles. The maximum Gasteiger partial charge on any atom is 0.221 e. The fraction of sp³-hybridized carbons (Fsp3) is 0.750. The molecule has 0 rings (SSSR count). The minimum absolute atomic E-state index is 0.294. The van der Waals surface area contributed by atoms with Gasteiger partial charge in [0.25, 0.3) is 0 Å². The zero-order valence-corrected chi connectivity index (χ0v) is 10.4. The highest BCUT2D eigenvalue weighted by Crippen LogP contribution is 2.20. The summed E-state index contributed by atoms with van der Waals surface area (Å²) in [5.41, 5.74) is 0. The van der Waals surface area contributed by atoms with Crippen molar-refractivity contribution < 1.29 is 9.59 Å². The van der Waals surface area contributed by atoms with Gasteiger partial charge in [-0.25, -0.2) is 0 Å². The van der Waals surface area contributed by atoms with Crippen LogP contribution in [0.25, 0.3) is 0 Å². The van der Waals surface area contributed by atoms with E-state index in [9.17, 15) is 9.59 Å². The lowest BCUT2D eigenvalue weighted by atomic mass is 10.5. The molecule has 0 aliphatic heterocycles. The largest absolute Gasteiger partial charge is 0.281 e. The second kappa shape index (κ2) is 5.78. The lowest BCUT2D eigenvalue weighted by molar-refractivity contribution is -0.112. The summed E-state index contributed by atoms with van der Waals surface area (Å²) in [6.07, 6.45) is 0.828. The fourth-order valence-electron chi connectivity index (χ4n) is 0.998. The first-order valence-electron chi connectivity index (χ1n) is 4.20. The van der Waals surface area contributed by atoms with Crippen molar-refractivity contribution in [2.45, 2.75) is 38.0 Å². The highest BCUT2D eigenvalue weighted by molar-refractivity contribution is 6.79. The molecule has 13 heavy (non-hydrogen) atoms. The fourth-order valence-corrected chi connectivity index (χ4v) is 3.56. The van der Waals surface area contributed by atoms with Gasteiger partial charge in [-0.15, -0.1) is 0 Å². The molecule has 5 heteroatoms. The number of halogens is 2. The quantitative estimate of drug-likeness (QED) is 0.529. The van der Waals surface area contributed by atoms with Gasteiger partial charge in [-0.3, -0.25) is 9.59 Å². The lowest BCUT2D eigenvalue weighted by Gasteiger charge is -2.20. The molecule has 0 radical (unpaired) electrons. The van der Waals surface area contributed by atoms with Crippen LogP contribution in [0.5, 0.6) is 0 Å². The minimum atomic E-state index is -1.44. The van der Waals surface area contributed by atoms with Crippen LogP contribution in [0.3, 0.4) is 0 Å². The highest BCUT2D eigenvalue weighted by atomic mass is 35.5. The van der Waals surface area contributed by atoms with E-state index in [0.717, 1.165) is 12.1 Å². The number of hydrogen-bond donors (Lipinski definition) is 0. The summed E-state index contributed by atoms with van der Waals surface area (Å²) in [6.45, 7) is 4.26. The Labute approximate surface area is 89.6 Å². The van der Waals surface area contributed by atoms with Crippen LogP contribution >= 0.6 is 23.2 Å². The van der Waals surface area contributed by atoms with Gasteiger partial charge in [0.1, 0.15) is 0 Å². The molecule has 0 fully saturated rings. The average molecular weight is 241 g/mol. The minimum Gasteiger partial charge on any atom is -0.281 e. The van der Waals surface area contributed by atoms with Gasteiger partial charge in [-0.1, -0.05) is 13.1 Å². The van der Waals surface area contributed by atoms with Crippen molar-refractivity contribution in [3.8, 4) is 0 Å². The first kappa shape index (κ1) is 13.1. The molecule has 76 valence electrons. The lowest BCUT2D eigenvalue weighted by Crippen LogP contribution is -2.25. The smallest absolute Gasteiger partial charge is 0.221 e.